The van der Waals surface area contributed by atoms with Gasteiger partial charge >= 0.3 is 0 Å². The van der Waals surface area contributed by atoms with Crippen molar-refractivity contribution in [1.82, 2.24) is 10.2 Å². The largest absolute Gasteiger partial charge is 0.454 e. The van der Waals surface area contributed by atoms with Crippen LogP contribution in [0.15, 0.2) is 18.2 Å². The van der Waals surface area contributed by atoms with E-state index in [9.17, 15) is 9.59 Å². The molecule has 1 saturated heterocycles. The van der Waals surface area contributed by atoms with E-state index >= 15 is 0 Å². The molecule has 1 aromatic carbocycles. The van der Waals surface area contributed by atoms with E-state index in [4.69, 9.17) is 9.47 Å². The van der Waals surface area contributed by atoms with Gasteiger partial charge in [-0.15, -0.1) is 0 Å². The molecule has 0 atom stereocenters. The summed E-state index contributed by atoms with van der Waals surface area (Å²) >= 11 is 0. The Kier molecular flexibility index (Phi) is 4.26. The Morgan fingerprint density at radius 1 is 0.933 bits per heavy atom. The number of amides is 2. The second-order valence-corrected chi connectivity index (χ2v) is 10.3. The van der Waals surface area contributed by atoms with Gasteiger partial charge in [-0.25, -0.2) is 0 Å². The fourth-order valence-corrected chi connectivity index (χ4v) is 7.24. The lowest BCUT2D eigenvalue weighted by Gasteiger charge is -2.57. The third kappa shape index (κ3) is 3.07. The molecular formula is C24H30N2O4. The third-order valence-electron chi connectivity index (χ3n) is 8.24. The molecule has 0 radical (unpaired) electrons. The monoisotopic (exact) mass is 410 g/mol. The van der Waals surface area contributed by atoms with E-state index in [-0.39, 0.29) is 24.2 Å². The molecule has 0 unspecified atom stereocenters. The lowest BCUT2D eigenvalue weighted by atomic mass is 9.49. The number of nitrogens with one attached hydrogen (secondary N) is 1. The molecule has 7 rings (SSSR count). The summed E-state index contributed by atoms with van der Waals surface area (Å²) in [5.74, 6) is 4.01. The van der Waals surface area contributed by atoms with Crippen molar-refractivity contribution < 1.29 is 19.1 Å². The van der Waals surface area contributed by atoms with Crippen LogP contribution >= 0.6 is 0 Å². The van der Waals surface area contributed by atoms with Gasteiger partial charge in [-0.05, 0) is 87.3 Å². The molecule has 6 heteroatoms. The lowest BCUT2D eigenvalue weighted by Crippen LogP contribution is -2.56. The Morgan fingerprint density at radius 2 is 1.57 bits per heavy atom. The van der Waals surface area contributed by atoms with Crippen LogP contribution < -0.4 is 14.8 Å². The maximum Gasteiger partial charge on any atom is 0.251 e. The average molecular weight is 411 g/mol. The van der Waals surface area contributed by atoms with Crippen LogP contribution in [0, 0.1) is 23.2 Å². The normalized spacial score (nSPS) is 34.3. The van der Waals surface area contributed by atoms with E-state index < -0.39 is 0 Å². The Morgan fingerprint density at radius 3 is 2.23 bits per heavy atom. The fourth-order valence-electron chi connectivity index (χ4n) is 7.24. The maximum absolute atomic E-state index is 13.5. The predicted octanol–water partition coefficient (Wildman–Crippen LogP) is 3.35. The molecule has 4 saturated carbocycles. The zero-order valence-corrected chi connectivity index (χ0v) is 17.4. The van der Waals surface area contributed by atoms with Crippen LogP contribution in [-0.4, -0.2) is 42.6 Å². The summed E-state index contributed by atoms with van der Waals surface area (Å²) in [6, 6.07) is 5.41. The Balaban J connectivity index is 1.06. The first-order valence-electron chi connectivity index (χ1n) is 11.6. The highest BCUT2D eigenvalue weighted by atomic mass is 16.7. The molecule has 2 heterocycles. The minimum Gasteiger partial charge on any atom is -0.454 e. The Bertz CT molecular complexity index is 839. The van der Waals surface area contributed by atoms with Crippen LogP contribution in [0.5, 0.6) is 11.5 Å². The SMILES string of the molecule is O=C(NC1CCN(C(=O)C23CC4CC(CC(C4)C2)C3)CC1)c1ccc2c(c1)OCO2. The molecule has 4 bridgehead atoms. The van der Waals surface area contributed by atoms with Gasteiger partial charge in [0.2, 0.25) is 12.7 Å². The van der Waals surface area contributed by atoms with E-state index in [1.165, 1.54) is 19.3 Å². The molecule has 2 aliphatic heterocycles. The van der Waals surface area contributed by atoms with Crippen LogP contribution in [0.2, 0.25) is 0 Å². The zero-order chi connectivity index (χ0) is 20.3. The summed E-state index contributed by atoms with van der Waals surface area (Å²) in [6.07, 6.45) is 9.11. The summed E-state index contributed by atoms with van der Waals surface area (Å²) in [5.41, 5.74) is 0.531. The van der Waals surface area contributed by atoms with Crippen molar-refractivity contribution in [2.45, 2.75) is 57.4 Å². The van der Waals surface area contributed by atoms with Gasteiger partial charge in [-0.1, -0.05) is 0 Å². The van der Waals surface area contributed by atoms with Crippen molar-refractivity contribution in [2.75, 3.05) is 19.9 Å². The quantitative estimate of drug-likeness (QED) is 0.830. The molecule has 2 amide bonds. The summed E-state index contributed by atoms with van der Waals surface area (Å²) in [7, 11) is 0. The minimum absolute atomic E-state index is 0.0582. The molecule has 6 aliphatic rings. The molecule has 0 aromatic heterocycles. The highest BCUT2D eigenvalue weighted by molar-refractivity contribution is 5.95. The summed E-state index contributed by atoms with van der Waals surface area (Å²) in [5, 5.41) is 3.15. The van der Waals surface area contributed by atoms with Crippen LogP contribution in [0.3, 0.4) is 0 Å². The van der Waals surface area contributed by atoms with E-state index in [1.54, 1.807) is 18.2 Å². The molecule has 30 heavy (non-hydrogen) atoms. The van der Waals surface area contributed by atoms with Gasteiger partial charge in [-0.3, -0.25) is 9.59 Å². The van der Waals surface area contributed by atoms with Gasteiger partial charge in [-0.2, -0.15) is 0 Å². The van der Waals surface area contributed by atoms with E-state index in [1.807, 2.05) is 0 Å². The van der Waals surface area contributed by atoms with E-state index in [2.05, 4.69) is 10.2 Å². The van der Waals surface area contributed by atoms with Gasteiger partial charge in [0.25, 0.3) is 5.91 Å². The molecule has 6 nitrogen and oxygen atoms in total. The summed E-state index contributed by atoms with van der Waals surface area (Å²) < 4.78 is 10.7. The number of benzene rings is 1. The zero-order valence-electron chi connectivity index (χ0n) is 17.4. The van der Waals surface area contributed by atoms with E-state index in [0.717, 1.165) is 62.9 Å². The van der Waals surface area contributed by atoms with Gasteiger partial charge < -0.3 is 19.7 Å². The second kappa shape index (κ2) is 6.89. The number of carbonyl (C=O) groups excluding carboxylic acids is 2. The van der Waals surface area contributed by atoms with E-state index in [0.29, 0.717) is 23.0 Å². The lowest BCUT2D eigenvalue weighted by molar-refractivity contribution is -0.158. The minimum atomic E-state index is -0.0841. The van der Waals surface area contributed by atoms with Gasteiger partial charge in [0.05, 0.1) is 5.41 Å². The van der Waals surface area contributed by atoms with Crippen molar-refractivity contribution in [3.05, 3.63) is 23.8 Å². The Hall–Kier alpha value is -2.24. The van der Waals surface area contributed by atoms with Crippen LogP contribution in [-0.2, 0) is 4.79 Å². The number of hydrogen-bond acceptors (Lipinski definition) is 4. The molecule has 160 valence electrons. The first-order chi connectivity index (χ1) is 14.6. The fraction of sp³-hybridized carbons (Fsp3) is 0.667. The van der Waals surface area contributed by atoms with Crippen molar-refractivity contribution in [3.63, 3.8) is 0 Å². The second-order valence-electron chi connectivity index (χ2n) is 10.3. The number of rotatable bonds is 3. The first kappa shape index (κ1) is 18.5. The number of ether oxygens (including phenoxy) is 2. The van der Waals surface area contributed by atoms with Gasteiger partial charge in [0.1, 0.15) is 0 Å². The van der Waals surface area contributed by atoms with Gasteiger partial charge in [0.15, 0.2) is 11.5 Å². The molecule has 1 aromatic rings. The highest BCUT2D eigenvalue weighted by Crippen LogP contribution is 2.60. The smallest absolute Gasteiger partial charge is 0.251 e. The number of nitrogens with zero attached hydrogens (tertiary/aromatic N) is 1. The molecule has 5 fully saturated rings. The van der Waals surface area contributed by atoms with Crippen molar-refractivity contribution in [1.29, 1.82) is 0 Å². The van der Waals surface area contributed by atoms with Crippen LogP contribution in [0.1, 0.15) is 61.7 Å². The van der Waals surface area contributed by atoms with Crippen LogP contribution in [0.4, 0.5) is 0 Å². The summed E-state index contributed by atoms with van der Waals surface area (Å²) in [4.78, 5) is 28.3. The first-order valence-corrected chi connectivity index (χ1v) is 11.6. The summed E-state index contributed by atoms with van der Waals surface area (Å²) in [6.45, 7) is 1.72. The predicted molar refractivity (Wildman–Crippen MR) is 110 cm³/mol. The number of hydrogen-bond donors (Lipinski definition) is 1. The van der Waals surface area contributed by atoms with Crippen molar-refractivity contribution in [3.8, 4) is 11.5 Å². The van der Waals surface area contributed by atoms with Gasteiger partial charge in [0, 0.05) is 24.7 Å². The number of carbonyl (C=O) groups is 2. The standard InChI is InChI=1S/C24H30N2O4/c27-22(18-1-2-20-21(10-18)30-14-29-20)25-19-3-5-26(6-4-19)23(28)24-11-15-7-16(12-24)9-17(8-15)13-24/h1-2,10,15-17,19H,3-9,11-14H2,(H,25,27). The topological polar surface area (TPSA) is 67.9 Å². The number of piperidine rings is 1. The van der Waals surface area contributed by atoms with Crippen LogP contribution in [0.25, 0.3) is 0 Å². The Labute approximate surface area is 177 Å². The number of fused-ring (bicyclic) bond motifs is 1. The van der Waals surface area contributed by atoms with Crippen molar-refractivity contribution >= 4 is 11.8 Å². The molecule has 1 N–H and O–H groups in total. The molecular weight excluding hydrogens is 380 g/mol. The maximum atomic E-state index is 13.5. The molecule has 0 spiro atoms. The molecule has 4 aliphatic carbocycles. The highest BCUT2D eigenvalue weighted by Gasteiger charge is 2.55. The third-order valence-corrected chi connectivity index (χ3v) is 8.24. The average Bonchev–Trinajstić information content (AvgIpc) is 3.21. The number of likely N-dealkylation sites (tertiary alicyclic amines) is 1. The van der Waals surface area contributed by atoms with Crippen molar-refractivity contribution in [2.24, 2.45) is 23.2 Å².